The zero-order valence-electron chi connectivity index (χ0n) is 9.12. The van der Waals surface area contributed by atoms with E-state index in [0.29, 0.717) is 18.6 Å². The first kappa shape index (κ1) is 11.5. The van der Waals surface area contributed by atoms with E-state index in [1.165, 1.54) is 0 Å². The van der Waals surface area contributed by atoms with E-state index >= 15 is 0 Å². The number of rotatable bonds is 3. The Morgan fingerprint density at radius 3 is 2.43 bits per heavy atom. The van der Waals surface area contributed by atoms with Crippen molar-refractivity contribution in [3.63, 3.8) is 0 Å². The van der Waals surface area contributed by atoms with E-state index in [4.69, 9.17) is 5.73 Å². The van der Waals surface area contributed by atoms with Gasteiger partial charge in [-0.25, -0.2) is 0 Å². The number of nitrogens with one attached hydrogen (secondary N) is 1. The maximum atomic E-state index is 11.3. The van der Waals surface area contributed by atoms with Crippen LogP contribution in [-0.4, -0.2) is 43.5 Å². The number of carbonyl (C=O) groups excluding carboxylic acids is 1. The summed E-state index contributed by atoms with van der Waals surface area (Å²) in [5.41, 5.74) is 5.80. The van der Waals surface area contributed by atoms with Crippen molar-refractivity contribution in [2.45, 2.75) is 37.8 Å². The number of hydrogen-bond acceptors (Lipinski definition) is 3. The smallest absolute Gasteiger partial charge is 0.236 e. The third-order valence-corrected chi connectivity index (χ3v) is 2.81. The molecule has 0 unspecified atom stereocenters. The van der Waals surface area contributed by atoms with Gasteiger partial charge in [0.25, 0.3) is 0 Å². The fraction of sp³-hybridized carbons (Fsp3) is 0.900. The van der Waals surface area contributed by atoms with Gasteiger partial charge in [-0.15, -0.1) is 0 Å². The van der Waals surface area contributed by atoms with Gasteiger partial charge in [-0.1, -0.05) is 0 Å². The van der Waals surface area contributed by atoms with Crippen LogP contribution in [0.1, 0.15) is 25.7 Å². The molecule has 0 radical (unpaired) electrons. The van der Waals surface area contributed by atoms with Gasteiger partial charge in [-0.3, -0.25) is 4.79 Å². The maximum absolute atomic E-state index is 11.3. The minimum atomic E-state index is 0.139. The van der Waals surface area contributed by atoms with Crippen LogP contribution in [0, 0.1) is 0 Å². The maximum Gasteiger partial charge on any atom is 0.236 e. The summed E-state index contributed by atoms with van der Waals surface area (Å²) in [5, 5.41) is 3.28. The molecule has 0 spiro atoms. The molecule has 82 valence electrons. The molecule has 0 aromatic heterocycles. The average molecular weight is 199 g/mol. The van der Waals surface area contributed by atoms with Crippen LogP contribution in [0.15, 0.2) is 0 Å². The zero-order valence-corrected chi connectivity index (χ0v) is 9.12. The van der Waals surface area contributed by atoms with Gasteiger partial charge >= 0.3 is 0 Å². The van der Waals surface area contributed by atoms with E-state index in [1.807, 2.05) is 0 Å². The molecule has 0 aromatic carbocycles. The second-order valence-electron chi connectivity index (χ2n) is 4.28. The molecule has 0 saturated heterocycles. The van der Waals surface area contributed by atoms with E-state index in [2.05, 4.69) is 5.32 Å². The molecule has 0 aromatic rings. The molecule has 14 heavy (non-hydrogen) atoms. The quantitative estimate of drug-likeness (QED) is 0.669. The number of nitrogens with two attached hydrogens (primary N) is 1. The number of carbonyl (C=O) groups is 1. The first-order chi connectivity index (χ1) is 6.59. The lowest BCUT2D eigenvalue weighted by atomic mass is 9.92. The second kappa shape index (κ2) is 5.32. The van der Waals surface area contributed by atoms with Crippen LogP contribution in [0.3, 0.4) is 0 Å². The van der Waals surface area contributed by atoms with Crippen LogP contribution in [0.2, 0.25) is 0 Å². The molecule has 4 nitrogen and oxygen atoms in total. The van der Waals surface area contributed by atoms with Crippen molar-refractivity contribution in [1.29, 1.82) is 0 Å². The first-order valence-electron chi connectivity index (χ1n) is 5.28. The molecule has 0 atom stereocenters. The largest absolute Gasteiger partial charge is 0.348 e. The fourth-order valence-electron chi connectivity index (χ4n) is 1.71. The summed E-state index contributed by atoms with van der Waals surface area (Å²) >= 11 is 0. The summed E-state index contributed by atoms with van der Waals surface area (Å²) in [4.78, 5) is 12.9. The van der Waals surface area contributed by atoms with Crippen molar-refractivity contribution in [2.75, 3.05) is 20.6 Å². The fourth-order valence-corrected chi connectivity index (χ4v) is 1.71. The van der Waals surface area contributed by atoms with Gasteiger partial charge in [0.15, 0.2) is 0 Å². The summed E-state index contributed by atoms with van der Waals surface area (Å²) < 4.78 is 0. The lowest BCUT2D eigenvalue weighted by Crippen LogP contribution is -2.42. The standard InChI is InChI=1S/C10H21N3O/c1-13(2)10(14)7-12-9-5-3-8(11)4-6-9/h8-9,12H,3-7,11H2,1-2H3. The zero-order chi connectivity index (χ0) is 10.6. The first-order valence-corrected chi connectivity index (χ1v) is 5.28. The molecule has 1 saturated carbocycles. The number of hydrogen-bond donors (Lipinski definition) is 2. The van der Waals surface area contributed by atoms with E-state index < -0.39 is 0 Å². The van der Waals surface area contributed by atoms with Crippen LogP contribution in [0.25, 0.3) is 0 Å². The number of nitrogens with zero attached hydrogens (tertiary/aromatic N) is 1. The van der Waals surface area contributed by atoms with Crippen LogP contribution in [-0.2, 0) is 4.79 Å². The molecular formula is C10H21N3O. The summed E-state index contributed by atoms with van der Waals surface area (Å²) in [6.07, 6.45) is 4.35. The summed E-state index contributed by atoms with van der Waals surface area (Å²) in [5.74, 6) is 0.139. The van der Waals surface area contributed by atoms with E-state index in [0.717, 1.165) is 25.7 Å². The highest BCUT2D eigenvalue weighted by atomic mass is 16.2. The molecule has 1 amide bonds. The second-order valence-corrected chi connectivity index (χ2v) is 4.28. The van der Waals surface area contributed by atoms with E-state index in [-0.39, 0.29) is 5.91 Å². The van der Waals surface area contributed by atoms with Gasteiger partial charge in [0.05, 0.1) is 6.54 Å². The van der Waals surface area contributed by atoms with Crippen molar-refractivity contribution in [2.24, 2.45) is 5.73 Å². The van der Waals surface area contributed by atoms with Crippen LogP contribution < -0.4 is 11.1 Å². The van der Waals surface area contributed by atoms with Crippen molar-refractivity contribution in [3.05, 3.63) is 0 Å². The molecule has 3 N–H and O–H groups in total. The van der Waals surface area contributed by atoms with E-state index in [9.17, 15) is 4.79 Å². The highest BCUT2D eigenvalue weighted by molar-refractivity contribution is 5.77. The summed E-state index contributed by atoms with van der Waals surface area (Å²) in [6.45, 7) is 0.451. The third-order valence-electron chi connectivity index (χ3n) is 2.81. The predicted molar refractivity (Wildman–Crippen MR) is 56.9 cm³/mol. The number of amides is 1. The topological polar surface area (TPSA) is 58.4 Å². The monoisotopic (exact) mass is 199 g/mol. The predicted octanol–water partition coefficient (Wildman–Crippen LogP) is -0.0659. The Morgan fingerprint density at radius 1 is 1.36 bits per heavy atom. The van der Waals surface area contributed by atoms with Crippen LogP contribution in [0.5, 0.6) is 0 Å². The van der Waals surface area contributed by atoms with Crippen LogP contribution >= 0.6 is 0 Å². The van der Waals surface area contributed by atoms with Gasteiger partial charge in [0.2, 0.25) is 5.91 Å². The highest BCUT2D eigenvalue weighted by Crippen LogP contribution is 2.16. The Bertz CT molecular complexity index is 186. The molecular weight excluding hydrogens is 178 g/mol. The van der Waals surface area contributed by atoms with Gasteiger partial charge in [-0.05, 0) is 25.7 Å². The lowest BCUT2D eigenvalue weighted by Gasteiger charge is -2.27. The summed E-state index contributed by atoms with van der Waals surface area (Å²) in [6, 6.07) is 0.858. The lowest BCUT2D eigenvalue weighted by molar-refractivity contribution is -0.127. The Hall–Kier alpha value is -0.610. The third kappa shape index (κ3) is 3.64. The molecule has 0 aliphatic heterocycles. The Kier molecular flexibility index (Phi) is 4.35. The Balaban J connectivity index is 2.16. The molecule has 1 aliphatic rings. The van der Waals surface area contributed by atoms with Crippen molar-refractivity contribution >= 4 is 5.91 Å². The number of likely N-dealkylation sites (N-methyl/N-ethyl adjacent to an activating group) is 1. The minimum absolute atomic E-state index is 0.139. The molecule has 0 bridgehead atoms. The normalized spacial score (nSPS) is 27.4. The van der Waals surface area contributed by atoms with Crippen molar-refractivity contribution < 1.29 is 4.79 Å². The molecule has 1 fully saturated rings. The van der Waals surface area contributed by atoms with Gasteiger partial charge in [0, 0.05) is 26.2 Å². The summed E-state index contributed by atoms with van der Waals surface area (Å²) in [7, 11) is 3.56. The molecule has 0 heterocycles. The van der Waals surface area contributed by atoms with Crippen molar-refractivity contribution in [3.8, 4) is 0 Å². The highest BCUT2D eigenvalue weighted by Gasteiger charge is 2.18. The van der Waals surface area contributed by atoms with Crippen molar-refractivity contribution in [1.82, 2.24) is 10.2 Å². The molecule has 1 rings (SSSR count). The average Bonchev–Trinajstić information content (AvgIpc) is 2.16. The Labute approximate surface area is 85.8 Å². The van der Waals surface area contributed by atoms with Gasteiger partial charge < -0.3 is 16.0 Å². The van der Waals surface area contributed by atoms with Gasteiger partial charge in [0.1, 0.15) is 0 Å². The Morgan fingerprint density at radius 2 is 1.93 bits per heavy atom. The molecule has 4 heteroatoms. The van der Waals surface area contributed by atoms with Gasteiger partial charge in [-0.2, -0.15) is 0 Å². The molecule has 1 aliphatic carbocycles. The SMILES string of the molecule is CN(C)C(=O)CNC1CCC(N)CC1. The van der Waals surface area contributed by atoms with Crippen LogP contribution in [0.4, 0.5) is 0 Å². The minimum Gasteiger partial charge on any atom is -0.348 e. The van der Waals surface area contributed by atoms with E-state index in [1.54, 1.807) is 19.0 Å².